The van der Waals surface area contributed by atoms with E-state index in [2.05, 4.69) is 55.4 Å². The molecule has 0 aliphatic rings. The van der Waals surface area contributed by atoms with Gasteiger partial charge in [0.05, 0.1) is 17.1 Å². The third-order valence-corrected chi connectivity index (χ3v) is 4.77. The summed E-state index contributed by atoms with van der Waals surface area (Å²) in [7, 11) is 0. The molecular weight excluding hydrogens is 322 g/mol. The quantitative estimate of drug-likeness (QED) is 0.697. The molecule has 2 aromatic carbocycles. The van der Waals surface area contributed by atoms with Gasteiger partial charge < -0.3 is 9.88 Å². The Morgan fingerprint density at radius 2 is 1.88 bits per heavy atom. The van der Waals surface area contributed by atoms with Crippen LogP contribution < -0.4 is 5.32 Å². The van der Waals surface area contributed by atoms with Crippen molar-refractivity contribution in [1.82, 2.24) is 14.9 Å². The first-order valence-electron chi connectivity index (χ1n) is 8.85. The van der Waals surface area contributed by atoms with Crippen molar-refractivity contribution in [2.75, 3.05) is 0 Å². The highest BCUT2D eigenvalue weighted by Crippen LogP contribution is 2.25. The van der Waals surface area contributed by atoms with E-state index in [1.165, 1.54) is 28.3 Å². The van der Waals surface area contributed by atoms with Crippen molar-refractivity contribution in [2.45, 2.75) is 40.3 Å². The monoisotopic (exact) mass is 347 g/mol. The average molecular weight is 347 g/mol. The zero-order valence-corrected chi connectivity index (χ0v) is 15.8. The fourth-order valence-corrected chi connectivity index (χ4v) is 3.55. The predicted octanol–water partition coefficient (Wildman–Crippen LogP) is 4.37. The lowest BCUT2D eigenvalue weighted by molar-refractivity contribution is -0.117. The Kier molecular flexibility index (Phi) is 4.94. The van der Waals surface area contributed by atoms with Gasteiger partial charge >= 0.3 is 0 Å². The molecule has 1 N–H and O–H groups in total. The van der Waals surface area contributed by atoms with Crippen LogP contribution in [0.25, 0.3) is 11.0 Å². The van der Waals surface area contributed by atoms with Crippen LogP contribution in [0.15, 0.2) is 49.1 Å². The molecule has 0 bridgehead atoms. The van der Waals surface area contributed by atoms with E-state index in [9.17, 15) is 4.79 Å². The van der Waals surface area contributed by atoms with Gasteiger partial charge in [-0.3, -0.25) is 4.79 Å². The average Bonchev–Trinajstić information content (AvgIpc) is 2.96. The Morgan fingerprint density at radius 1 is 1.23 bits per heavy atom. The molecule has 3 rings (SSSR count). The van der Waals surface area contributed by atoms with Gasteiger partial charge in [0.1, 0.15) is 5.82 Å². The van der Waals surface area contributed by atoms with Gasteiger partial charge in [-0.15, -0.1) is 0 Å². The first-order valence-corrected chi connectivity index (χ1v) is 8.85. The summed E-state index contributed by atoms with van der Waals surface area (Å²) in [4.78, 5) is 16.5. The van der Waals surface area contributed by atoms with E-state index in [-0.39, 0.29) is 11.9 Å². The largest absolute Gasteiger partial charge is 0.343 e. The molecule has 0 fully saturated rings. The topological polar surface area (TPSA) is 46.9 Å². The van der Waals surface area contributed by atoms with Crippen LogP contribution in [-0.2, 0) is 11.3 Å². The lowest BCUT2D eigenvalue weighted by atomic mass is 9.99. The van der Waals surface area contributed by atoms with Crippen LogP contribution in [0.4, 0.5) is 0 Å². The van der Waals surface area contributed by atoms with Crippen LogP contribution in [0.1, 0.15) is 41.0 Å². The van der Waals surface area contributed by atoms with Gasteiger partial charge in [0, 0.05) is 6.54 Å². The Labute approximate surface area is 154 Å². The van der Waals surface area contributed by atoms with Gasteiger partial charge in [-0.25, -0.2) is 4.98 Å². The molecule has 0 saturated heterocycles. The van der Waals surface area contributed by atoms with Crippen molar-refractivity contribution in [2.24, 2.45) is 0 Å². The number of hydrogen-bond acceptors (Lipinski definition) is 2. The molecule has 0 aliphatic carbocycles. The lowest BCUT2D eigenvalue weighted by Gasteiger charge is -2.18. The zero-order chi connectivity index (χ0) is 18.8. The number of carbonyl (C=O) groups excluding carboxylic acids is 1. The van der Waals surface area contributed by atoms with Gasteiger partial charge in [0.2, 0.25) is 5.91 Å². The number of imidazole rings is 1. The summed E-state index contributed by atoms with van der Waals surface area (Å²) in [5.41, 5.74) is 7.11. The summed E-state index contributed by atoms with van der Waals surface area (Å²) in [6, 6.07) is 12.3. The number of benzene rings is 2. The van der Waals surface area contributed by atoms with Crippen LogP contribution in [0.2, 0.25) is 0 Å². The molecule has 1 aromatic heterocycles. The molecule has 0 radical (unpaired) electrons. The fourth-order valence-electron chi connectivity index (χ4n) is 3.55. The normalized spacial score (nSPS) is 12.2. The van der Waals surface area contributed by atoms with E-state index in [1.807, 2.05) is 25.1 Å². The van der Waals surface area contributed by atoms with Crippen molar-refractivity contribution >= 4 is 16.9 Å². The maximum atomic E-state index is 11.8. The number of para-hydroxylation sites is 2. The lowest BCUT2D eigenvalue weighted by Crippen LogP contribution is -2.27. The summed E-state index contributed by atoms with van der Waals surface area (Å²) in [6.07, 6.45) is 1.29. The minimum Gasteiger partial charge on any atom is -0.343 e. The molecular formula is C22H25N3O. The molecule has 1 heterocycles. The maximum absolute atomic E-state index is 11.8. The van der Waals surface area contributed by atoms with E-state index in [4.69, 9.17) is 4.98 Å². The van der Waals surface area contributed by atoms with E-state index >= 15 is 0 Å². The second-order valence-corrected chi connectivity index (χ2v) is 6.86. The second-order valence-electron chi connectivity index (χ2n) is 6.86. The molecule has 0 spiro atoms. The van der Waals surface area contributed by atoms with Crippen molar-refractivity contribution < 1.29 is 4.79 Å². The minimum atomic E-state index is -0.209. The minimum absolute atomic E-state index is 0.196. The van der Waals surface area contributed by atoms with E-state index in [1.54, 1.807) is 0 Å². The smallest absolute Gasteiger partial charge is 0.243 e. The summed E-state index contributed by atoms with van der Waals surface area (Å²) < 4.78 is 2.20. The number of amides is 1. The van der Waals surface area contributed by atoms with Gasteiger partial charge in [-0.2, -0.15) is 0 Å². The number of nitrogens with one attached hydrogen (secondary N) is 1. The molecule has 26 heavy (non-hydrogen) atoms. The molecule has 0 aliphatic heterocycles. The molecule has 4 nitrogen and oxygen atoms in total. The Bertz CT molecular complexity index is 961. The standard InChI is InChI=1S/C22H25N3O/c1-6-21(26)23-17(5)22-24-19-9-7-8-10-20(19)25(22)13-18-15(3)11-14(2)12-16(18)4/h6-12,17H,1,13H2,2-5H3,(H,23,26). The molecule has 0 saturated carbocycles. The van der Waals surface area contributed by atoms with Crippen LogP contribution in [-0.4, -0.2) is 15.5 Å². The number of aryl methyl sites for hydroxylation is 3. The van der Waals surface area contributed by atoms with Crippen LogP contribution in [0.5, 0.6) is 0 Å². The number of hydrogen-bond donors (Lipinski definition) is 1. The summed E-state index contributed by atoms with van der Waals surface area (Å²) in [5, 5.41) is 2.93. The van der Waals surface area contributed by atoms with Gasteiger partial charge in [0.15, 0.2) is 0 Å². The highest BCUT2D eigenvalue weighted by Gasteiger charge is 2.19. The zero-order valence-electron chi connectivity index (χ0n) is 15.8. The molecule has 1 amide bonds. The highest BCUT2D eigenvalue weighted by atomic mass is 16.1. The van der Waals surface area contributed by atoms with E-state index < -0.39 is 0 Å². The first kappa shape index (κ1) is 17.9. The summed E-state index contributed by atoms with van der Waals surface area (Å²) in [6.45, 7) is 12.6. The predicted molar refractivity (Wildman–Crippen MR) is 106 cm³/mol. The van der Waals surface area contributed by atoms with Crippen molar-refractivity contribution in [3.63, 3.8) is 0 Å². The number of carbonyl (C=O) groups is 1. The van der Waals surface area contributed by atoms with Gasteiger partial charge in [0.25, 0.3) is 0 Å². The number of nitrogens with zero attached hydrogens (tertiary/aromatic N) is 2. The number of aromatic nitrogens is 2. The first-order chi connectivity index (χ1) is 12.4. The summed E-state index contributed by atoms with van der Waals surface area (Å²) >= 11 is 0. The number of rotatable bonds is 5. The summed E-state index contributed by atoms with van der Waals surface area (Å²) in [5.74, 6) is 0.652. The SMILES string of the molecule is C=CC(=O)NC(C)c1nc2ccccc2n1Cc1c(C)cc(C)cc1C. The molecule has 1 atom stereocenters. The number of fused-ring (bicyclic) bond motifs is 1. The van der Waals surface area contributed by atoms with E-state index in [0.717, 1.165) is 23.4 Å². The van der Waals surface area contributed by atoms with E-state index in [0.29, 0.717) is 0 Å². The van der Waals surface area contributed by atoms with Crippen LogP contribution >= 0.6 is 0 Å². The van der Waals surface area contributed by atoms with Crippen LogP contribution in [0, 0.1) is 20.8 Å². The van der Waals surface area contributed by atoms with Crippen molar-refractivity contribution in [1.29, 1.82) is 0 Å². The molecule has 3 aromatic rings. The Hall–Kier alpha value is -2.88. The highest BCUT2D eigenvalue weighted by molar-refractivity contribution is 5.87. The van der Waals surface area contributed by atoms with Crippen molar-refractivity contribution in [3.8, 4) is 0 Å². The third-order valence-electron chi connectivity index (χ3n) is 4.77. The molecule has 134 valence electrons. The van der Waals surface area contributed by atoms with Crippen molar-refractivity contribution in [3.05, 3.63) is 77.1 Å². The fraction of sp³-hybridized carbons (Fsp3) is 0.273. The van der Waals surface area contributed by atoms with Gasteiger partial charge in [-0.05, 0) is 62.6 Å². The van der Waals surface area contributed by atoms with Crippen LogP contribution in [0.3, 0.4) is 0 Å². The van der Waals surface area contributed by atoms with Gasteiger partial charge in [-0.1, -0.05) is 36.4 Å². The Morgan fingerprint density at radius 3 is 2.54 bits per heavy atom. The second kappa shape index (κ2) is 7.16. The Balaban J connectivity index is 2.11. The maximum Gasteiger partial charge on any atom is 0.243 e. The molecule has 4 heteroatoms. The molecule has 1 unspecified atom stereocenters. The third kappa shape index (κ3) is 3.40.